The van der Waals surface area contributed by atoms with Crippen molar-refractivity contribution in [3.05, 3.63) is 35.9 Å². The maximum absolute atomic E-state index is 5.83. The highest BCUT2D eigenvalue weighted by Crippen LogP contribution is 2.20. The summed E-state index contributed by atoms with van der Waals surface area (Å²) in [6.45, 7) is 3.37. The van der Waals surface area contributed by atoms with E-state index >= 15 is 0 Å². The third kappa shape index (κ3) is 3.24. The summed E-state index contributed by atoms with van der Waals surface area (Å²) in [7, 11) is 1.96. The van der Waals surface area contributed by atoms with E-state index in [1.54, 1.807) is 0 Å². The molecule has 0 atom stereocenters. The van der Waals surface area contributed by atoms with Crippen LogP contribution >= 0.6 is 0 Å². The molecular formula is C14H21N3. The summed E-state index contributed by atoms with van der Waals surface area (Å²) in [5, 5.41) is 3.22. The Morgan fingerprint density at radius 3 is 2.76 bits per heavy atom. The molecule has 0 radical (unpaired) electrons. The predicted octanol–water partition coefficient (Wildman–Crippen LogP) is 2.11. The van der Waals surface area contributed by atoms with E-state index in [-0.39, 0.29) is 0 Å². The van der Waals surface area contributed by atoms with E-state index in [9.17, 15) is 0 Å². The SMILES string of the molecule is CNc1ccc(N)cc1CCCN1CC=CC1. The summed E-state index contributed by atoms with van der Waals surface area (Å²) in [6, 6.07) is 6.08. The van der Waals surface area contributed by atoms with Gasteiger partial charge < -0.3 is 11.1 Å². The average Bonchev–Trinajstić information content (AvgIpc) is 2.82. The molecule has 0 aliphatic carbocycles. The first-order chi connectivity index (χ1) is 8.29. The molecule has 0 bridgehead atoms. The van der Waals surface area contributed by atoms with Crippen LogP contribution in [-0.4, -0.2) is 31.6 Å². The van der Waals surface area contributed by atoms with Crippen molar-refractivity contribution >= 4 is 11.4 Å². The van der Waals surface area contributed by atoms with Crippen molar-refractivity contribution in [2.24, 2.45) is 0 Å². The van der Waals surface area contributed by atoms with Gasteiger partial charge in [-0.15, -0.1) is 0 Å². The fraction of sp³-hybridized carbons (Fsp3) is 0.429. The molecule has 3 nitrogen and oxygen atoms in total. The summed E-state index contributed by atoms with van der Waals surface area (Å²) in [5.74, 6) is 0. The van der Waals surface area contributed by atoms with Gasteiger partial charge >= 0.3 is 0 Å². The first-order valence-electron chi connectivity index (χ1n) is 6.23. The van der Waals surface area contributed by atoms with Crippen LogP contribution in [0.25, 0.3) is 0 Å². The van der Waals surface area contributed by atoms with Gasteiger partial charge in [0.15, 0.2) is 0 Å². The summed E-state index contributed by atoms with van der Waals surface area (Å²) in [6.07, 6.45) is 6.73. The van der Waals surface area contributed by atoms with E-state index in [0.717, 1.165) is 31.7 Å². The number of aryl methyl sites for hydroxylation is 1. The monoisotopic (exact) mass is 231 g/mol. The molecule has 1 aromatic rings. The van der Waals surface area contributed by atoms with E-state index in [4.69, 9.17) is 5.73 Å². The third-order valence-corrected chi connectivity index (χ3v) is 3.21. The zero-order valence-electron chi connectivity index (χ0n) is 10.4. The standard InChI is InChI=1S/C14H21N3/c1-16-14-7-6-13(15)11-12(14)5-4-10-17-8-2-3-9-17/h2-3,6-7,11,16H,4-5,8-10,15H2,1H3. The summed E-state index contributed by atoms with van der Waals surface area (Å²) < 4.78 is 0. The number of hydrogen-bond acceptors (Lipinski definition) is 3. The summed E-state index contributed by atoms with van der Waals surface area (Å²) in [4.78, 5) is 2.45. The Kier molecular flexibility index (Phi) is 4.04. The third-order valence-electron chi connectivity index (χ3n) is 3.21. The lowest BCUT2D eigenvalue weighted by molar-refractivity contribution is 0.347. The normalized spacial score (nSPS) is 15.4. The van der Waals surface area contributed by atoms with Gasteiger partial charge in [-0.1, -0.05) is 12.2 Å². The van der Waals surface area contributed by atoms with E-state index in [0.29, 0.717) is 0 Å². The number of anilines is 2. The molecule has 0 unspecified atom stereocenters. The van der Waals surface area contributed by atoms with Crippen LogP contribution in [0.5, 0.6) is 0 Å². The molecule has 1 aromatic carbocycles. The lowest BCUT2D eigenvalue weighted by Gasteiger charge is -2.15. The van der Waals surface area contributed by atoms with Crippen LogP contribution in [-0.2, 0) is 6.42 Å². The number of nitrogens with two attached hydrogens (primary N) is 1. The Morgan fingerprint density at radius 2 is 2.06 bits per heavy atom. The molecule has 0 aromatic heterocycles. The van der Waals surface area contributed by atoms with Crippen molar-refractivity contribution in [1.29, 1.82) is 0 Å². The molecule has 0 amide bonds. The highest BCUT2D eigenvalue weighted by Gasteiger charge is 2.07. The molecule has 17 heavy (non-hydrogen) atoms. The minimum Gasteiger partial charge on any atom is -0.399 e. The maximum Gasteiger partial charge on any atom is 0.0371 e. The second-order valence-corrected chi connectivity index (χ2v) is 4.50. The van der Waals surface area contributed by atoms with E-state index in [2.05, 4.69) is 34.5 Å². The van der Waals surface area contributed by atoms with Gasteiger partial charge in [0, 0.05) is 31.5 Å². The highest BCUT2D eigenvalue weighted by atomic mass is 15.1. The second kappa shape index (κ2) is 5.73. The molecule has 1 heterocycles. The van der Waals surface area contributed by atoms with E-state index < -0.39 is 0 Å². The number of nitrogen functional groups attached to an aromatic ring is 1. The van der Waals surface area contributed by atoms with Crippen molar-refractivity contribution in [2.45, 2.75) is 12.8 Å². The van der Waals surface area contributed by atoms with Crippen molar-refractivity contribution in [2.75, 3.05) is 37.7 Å². The van der Waals surface area contributed by atoms with Gasteiger partial charge in [0.1, 0.15) is 0 Å². The number of benzene rings is 1. The fourth-order valence-electron chi connectivity index (χ4n) is 2.26. The molecule has 92 valence electrons. The zero-order chi connectivity index (χ0) is 12.1. The molecule has 3 N–H and O–H groups in total. The minimum atomic E-state index is 0.849. The first-order valence-corrected chi connectivity index (χ1v) is 6.23. The largest absolute Gasteiger partial charge is 0.399 e. The van der Waals surface area contributed by atoms with Gasteiger partial charge in [-0.05, 0) is 43.1 Å². The average molecular weight is 231 g/mol. The molecule has 1 aliphatic rings. The number of nitrogens with zero attached hydrogens (tertiary/aromatic N) is 1. The topological polar surface area (TPSA) is 41.3 Å². The van der Waals surface area contributed by atoms with Crippen molar-refractivity contribution < 1.29 is 0 Å². The van der Waals surface area contributed by atoms with Crippen LogP contribution in [0.2, 0.25) is 0 Å². The molecule has 0 saturated heterocycles. The van der Waals surface area contributed by atoms with E-state index in [1.165, 1.54) is 17.7 Å². The smallest absolute Gasteiger partial charge is 0.0371 e. The van der Waals surface area contributed by atoms with Crippen molar-refractivity contribution in [3.8, 4) is 0 Å². The first kappa shape index (κ1) is 12.0. The van der Waals surface area contributed by atoms with Gasteiger partial charge in [0.2, 0.25) is 0 Å². The van der Waals surface area contributed by atoms with Crippen LogP contribution in [0.15, 0.2) is 30.4 Å². The highest BCUT2D eigenvalue weighted by molar-refractivity contribution is 5.57. The number of hydrogen-bond donors (Lipinski definition) is 2. The van der Waals surface area contributed by atoms with Crippen LogP contribution in [0.1, 0.15) is 12.0 Å². The molecule has 0 fully saturated rings. The Labute approximate surface area is 103 Å². The Balaban J connectivity index is 1.86. The predicted molar refractivity (Wildman–Crippen MR) is 74.3 cm³/mol. The molecule has 2 rings (SSSR count). The lowest BCUT2D eigenvalue weighted by Crippen LogP contribution is -2.21. The van der Waals surface area contributed by atoms with Crippen LogP contribution in [0.4, 0.5) is 11.4 Å². The van der Waals surface area contributed by atoms with Crippen LogP contribution < -0.4 is 11.1 Å². The van der Waals surface area contributed by atoms with Crippen LogP contribution in [0.3, 0.4) is 0 Å². The Morgan fingerprint density at radius 1 is 1.29 bits per heavy atom. The van der Waals surface area contributed by atoms with Gasteiger partial charge in [-0.2, -0.15) is 0 Å². The van der Waals surface area contributed by atoms with Gasteiger partial charge in [-0.25, -0.2) is 0 Å². The van der Waals surface area contributed by atoms with Crippen molar-refractivity contribution in [1.82, 2.24) is 4.90 Å². The van der Waals surface area contributed by atoms with Crippen molar-refractivity contribution in [3.63, 3.8) is 0 Å². The van der Waals surface area contributed by atoms with Gasteiger partial charge in [0.05, 0.1) is 0 Å². The van der Waals surface area contributed by atoms with Gasteiger partial charge in [-0.3, -0.25) is 4.90 Å². The fourth-order valence-corrected chi connectivity index (χ4v) is 2.26. The van der Waals surface area contributed by atoms with Crippen LogP contribution in [0, 0.1) is 0 Å². The molecule has 0 spiro atoms. The number of nitrogens with one attached hydrogen (secondary N) is 1. The van der Waals surface area contributed by atoms with Gasteiger partial charge in [0.25, 0.3) is 0 Å². The minimum absolute atomic E-state index is 0.849. The number of rotatable bonds is 5. The zero-order valence-corrected chi connectivity index (χ0v) is 10.4. The van der Waals surface area contributed by atoms with E-state index in [1.807, 2.05) is 13.1 Å². The lowest BCUT2D eigenvalue weighted by atomic mass is 10.1. The molecule has 1 aliphatic heterocycles. The summed E-state index contributed by atoms with van der Waals surface area (Å²) >= 11 is 0. The Hall–Kier alpha value is -1.48. The Bertz CT molecular complexity index is 390. The quantitative estimate of drug-likeness (QED) is 0.602. The second-order valence-electron chi connectivity index (χ2n) is 4.50. The molecular weight excluding hydrogens is 210 g/mol. The molecule has 3 heteroatoms. The maximum atomic E-state index is 5.83. The summed E-state index contributed by atoms with van der Waals surface area (Å²) in [5.41, 5.74) is 9.19. The molecule has 0 saturated carbocycles.